The number of carbonyl (C=O) groups excluding carboxylic acids is 1. The molecule has 0 radical (unpaired) electrons. The van der Waals surface area contributed by atoms with Crippen LogP contribution in [0, 0.1) is 5.92 Å². The highest BCUT2D eigenvalue weighted by Crippen LogP contribution is 2.09. The fourth-order valence-electron chi connectivity index (χ4n) is 1.34. The summed E-state index contributed by atoms with van der Waals surface area (Å²) in [6.45, 7) is 0.738. The monoisotopic (exact) mass is 249 g/mol. The number of likely N-dealkylation sites (N-methyl/N-ethyl adjacent to an activating group) is 1. The van der Waals surface area contributed by atoms with Crippen LogP contribution < -0.4 is 0 Å². The predicted octanol–water partition coefficient (Wildman–Crippen LogP) is 0.514. The van der Waals surface area contributed by atoms with E-state index in [2.05, 4.69) is 0 Å². The van der Waals surface area contributed by atoms with Crippen LogP contribution in [0.2, 0.25) is 0 Å². The second-order valence-corrected chi connectivity index (χ2v) is 4.75. The van der Waals surface area contributed by atoms with Gasteiger partial charge in [0.2, 0.25) is 0 Å². The third-order valence-corrected chi connectivity index (χ3v) is 2.46. The molecule has 100 valence electrons. The van der Waals surface area contributed by atoms with Gasteiger partial charge in [-0.2, -0.15) is 0 Å². The van der Waals surface area contributed by atoms with E-state index in [0.717, 1.165) is 0 Å². The maximum atomic E-state index is 11.9. The van der Waals surface area contributed by atoms with Gasteiger partial charge in [0, 0.05) is 5.92 Å². The first kappa shape index (κ1) is 11.2. The fraction of sp³-hybridized carbons (Fsp3) is 0.833. The molecule has 0 saturated carbocycles. The van der Waals surface area contributed by atoms with Crippen LogP contribution in [0.5, 0.6) is 0 Å². The number of carboxylic acid groups (broad SMARTS) is 1. The Morgan fingerprint density at radius 3 is 2.41 bits per heavy atom. The summed E-state index contributed by atoms with van der Waals surface area (Å²) < 4.78 is 22.8. The first-order valence-electron chi connectivity index (χ1n) is 7.08. The van der Waals surface area contributed by atoms with E-state index in [1.165, 1.54) is 14.1 Å². The van der Waals surface area contributed by atoms with Crippen molar-refractivity contribution in [3.63, 3.8) is 0 Å². The highest BCUT2D eigenvalue weighted by molar-refractivity contribution is 5.81. The number of ketones is 1. The van der Waals surface area contributed by atoms with Gasteiger partial charge in [0.15, 0.2) is 5.78 Å². The minimum atomic E-state index is -2.82. The molecule has 0 aromatic rings. The van der Waals surface area contributed by atoms with Crippen LogP contribution in [0.25, 0.3) is 0 Å². The molecule has 5 heteroatoms. The summed E-state index contributed by atoms with van der Waals surface area (Å²) in [6, 6.07) is 0. The second kappa shape index (κ2) is 6.71. The first-order valence-corrected chi connectivity index (χ1v) is 5.58. The largest absolute Gasteiger partial charge is 0.481 e. The normalized spacial score (nSPS) is 20.6. The number of nitrogens with zero attached hydrogens (tertiary/aromatic N) is 1. The number of hydrogen-bond acceptors (Lipinski definition) is 3. The molecule has 0 heterocycles. The number of carboxylic acids is 1. The topological polar surface area (TPSA) is 74.6 Å². The molecule has 0 spiro atoms. The van der Waals surface area contributed by atoms with Crippen LogP contribution in [-0.2, 0) is 9.59 Å². The molecule has 0 fully saturated rings. The van der Waals surface area contributed by atoms with Crippen LogP contribution >= 0.6 is 0 Å². The Morgan fingerprint density at radius 2 is 2.00 bits per heavy atom. The van der Waals surface area contributed by atoms with Crippen molar-refractivity contribution >= 4 is 11.8 Å². The lowest BCUT2D eigenvalue weighted by Gasteiger charge is -2.31. The Morgan fingerprint density at radius 1 is 1.47 bits per heavy atom. The maximum absolute atomic E-state index is 11.9. The van der Waals surface area contributed by atoms with E-state index in [0.29, 0.717) is 6.42 Å². The van der Waals surface area contributed by atoms with Gasteiger partial charge in [-0.25, -0.2) is 0 Å². The number of aliphatic carboxylic acids is 1. The van der Waals surface area contributed by atoms with Gasteiger partial charge in [-0.15, -0.1) is 0 Å². The molecule has 0 rings (SSSR count). The molecule has 0 bridgehead atoms. The van der Waals surface area contributed by atoms with Gasteiger partial charge in [-0.05, 0) is 6.42 Å². The number of rotatable bonds is 8. The predicted molar refractivity (Wildman–Crippen MR) is 64.6 cm³/mol. The van der Waals surface area contributed by atoms with Gasteiger partial charge >= 0.3 is 5.97 Å². The smallest absolute Gasteiger partial charge is 0.306 e. The molecule has 5 nitrogen and oxygen atoms in total. The van der Waals surface area contributed by atoms with Crippen LogP contribution in [0.1, 0.15) is 30.8 Å². The van der Waals surface area contributed by atoms with Gasteiger partial charge in [0.1, 0.15) is 19.1 Å². The highest BCUT2D eigenvalue weighted by atomic mass is 16.4. The summed E-state index contributed by atoms with van der Waals surface area (Å²) >= 11 is 0. The average Bonchev–Trinajstić information content (AvgIpc) is 2.24. The van der Waals surface area contributed by atoms with Gasteiger partial charge in [0.25, 0.3) is 0 Å². The summed E-state index contributed by atoms with van der Waals surface area (Å²) in [5.41, 5.74) is 0. The molecule has 0 aromatic heterocycles. The van der Waals surface area contributed by atoms with E-state index in [1.807, 2.05) is 6.92 Å². The van der Waals surface area contributed by atoms with Crippen molar-refractivity contribution in [3.05, 3.63) is 0 Å². The zero-order valence-electron chi connectivity index (χ0n) is 13.9. The molecule has 0 saturated heterocycles. The molecule has 2 unspecified atom stereocenters. The maximum Gasteiger partial charge on any atom is 0.306 e. The lowest BCUT2D eigenvalue weighted by molar-refractivity contribution is -0.885. The average molecular weight is 249 g/mol. The number of Topliss-reactive ketones (excluding diaryl/α,β-unsaturated/α-hetero) is 1. The van der Waals surface area contributed by atoms with Crippen molar-refractivity contribution < 1.29 is 28.4 Å². The minimum Gasteiger partial charge on any atom is -0.481 e. The zero-order valence-corrected chi connectivity index (χ0v) is 10.9. The number of carbonyl (C=O) groups is 2. The van der Waals surface area contributed by atoms with Crippen molar-refractivity contribution in [1.82, 2.24) is 0 Å². The summed E-state index contributed by atoms with van der Waals surface area (Å²) in [5.74, 6) is -1.91. The minimum absolute atomic E-state index is 0.187. The highest BCUT2D eigenvalue weighted by Gasteiger charge is 2.26. The third-order valence-electron chi connectivity index (χ3n) is 2.46. The Bertz CT molecular complexity index is 383. The molecule has 2 atom stereocenters. The van der Waals surface area contributed by atoms with Crippen LogP contribution in [0.4, 0.5) is 0 Å². The van der Waals surface area contributed by atoms with Crippen molar-refractivity contribution in [2.45, 2.75) is 32.8 Å². The number of quaternary nitrogens is 1. The van der Waals surface area contributed by atoms with Crippen LogP contribution in [0.15, 0.2) is 0 Å². The van der Waals surface area contributed by atoms with Crippen molar-refractivity contribution in [1.29, 1.82) is 0 Å². The molecule has 0 amide bonds. The van der Waals surface area contributed by atoms with E-state index < -0.39 is 29.5 Å². The Labute approximate surface area is 107 Å². The van der Waals surface area contributed by atoms with E-state index in [9.17, 15) is 14.7 Å². The molecule has 0 aliphatic heterocycles. The van der Waals surface area contributed by atoms with E-state index in [4.69, 9.17) is 9.22 Å². The van der Waals surface area contributed by atoms with Crippen LogP contribution in [-0.4, -0.2) is 59.7 Å². The SMILES string of the molecule is [2H]C(O)(CC(=O)O)C([2H])([2H])[N+](C)(C)CC(=O)C(C)CC. The van der Waals surface area contributed by atoms with Crippen molar-refractivity contribution in [2.24, 2.45) is 5.92 Å². The quantitative estimate of drug-likeness (QED) is 0.615. The summed E-state index contributed by atoms with van der Waals surface area (Å²) in [6.07, 6.45) is -3.26. The molecule has 0 aliphatic carbocycles. The van der Waals surface area contributed by atoms with Crippen molar-refractivity contribution in [3.8, 4) is 0 Å². The molecule has 0 aromatic carbocycles. The van der Waals surface area contributed by atoms with Gasteiger partial charge in [-0.1, -0.05) is 13.8 Å². The Hall–Kier alpha value is -0.940. The Balaban J connectivity index is 5.24. The Kier molecular flexibility index (Phi) is 4.41. The second-order valence-electron chi connectivity index (χ2n) is 4.75. The first-order chi connectivity index (χ1) is 8.78. The van der Waals surface area contributed by atoms with E-state index in [-0.39, 0.29) is 18.2 Å². The molecule has 17 heavy (non-hydrogen) atoms. The summed E-state index contributed by atoms with van der Waals surface area (Å²) in [7, 11) is 2.73. The summed E-state index contributed by atoms with van der Waals surface area (Å²) in [5, 5.41) is 18.5. The van der Waals surface area contributed by atoms with E-state index in [1.54, 1.807) is 6.92 Å². The molecule has 0 aliphatic rings. The van der Waals surface area contributed by atoms with Gasteiger partial charge in [-0.3, -0.25) is 9.59 Å². The fourth-order valence-corrected chi connectivity index (χ4v) is 1.34. The third kappa shape index (κ3) is 7.07. The zero-order chi connectivity index (χ0) is 16.4. The summed E-state index contributed by atoms with van der Waals surface area (Å²) in [4.78, 5) is 22.6. The van der Waals surface area contributed by atoms with Gasteiger partial charge < -0.3 is 14.7 Å². The standard InChI is InChI=1S/C12H23NO4/c1-5-9(2)11(15)8-13(3,4)7-10(14)6-12(16)17/h9-10,14H,5-8H2,1-4H3/p+1/i7D2,10D. The van der Waals surface area contributed by atoms with Crippen molar-refractivity contribution in [2.75, 3.05) is 27.1 Å². The molecule has 2 N–H and O–H groups in total. The number of aliphatic hydroxyl groups is 1. The van der Waals surface area contributed by atoms with Crippen LogP contribution in [0.3, 0.4) is 0 Å². The molecular formula is C12H24NO4+. The lowest BCUT2D eigenvalue weighted by atomic mass is 10.0. The lowest BCUT2D eigenvalue weighted by Crippen LogP contribution is -2.49. The number of hydrogen-bond donors (Lipinski definition) is 2. The molecular weight excluding hydrogens is 222 g/mol. The van der Waals surface area contributed by atoms with Gasteiger partial charge in [0.05, 0.1) is 24.6 Å². The van der Waals surface area contributed by atoms with E-state index >= 15 is 0 Å².